The van der Waals surface area contributed by atoms with E-state index in [9.17, 15) is 9.90 Å². The molecule has 0 aromatic heterocycles. The van der Waals surface area contributed by atoms with E-state index in [4.69, 9.17) is 0 Å². The van der Waals surface area contributed by atoms with E-state index in [2.05, 4.69) is 11.8 Å². The van der Waals surface area contributed by atoms with Crippen LogP contribution in [0, 0.1) is 12.8 Å². The smallest absolute Gasteiger partial charge is 0.222 e. The van der Waals surface area contributed by atoms with Crippen LogP contribution >= 0.6 is 0 Å². The van der Waals surface area contributed by atoms with Gasteiger partial charge in [-0.15, -0.1) is 0 Å². The molecule has 1 amide bonds. The first-order valence-electron chi connectivity index (χ1n) is 11.3. The number of benzene rings is 1. The van der Waals surface area contributed by atoms with Gasteiger partial charge in [-0.3, -0.25) is 4.79 Å². The predicted octanol–water partition coefficient (Wildman–Crippen LogP) is 3.85. The van der Waals surface area contributed by atoms with Gasteiger partial charge in [0, 0.05) is 19.0 Å². The molecule has 2 saturated heterocycles. The lowest BCUT2D eigenvalue weighted by atomic mass is 9.88. The molecule has 1 aromatic carbocycles. The zero-order chi connectivity index (χ0) is 19.6. The Hall–Kier alpha value is -1.39. The Morgan fingerprint density at radius 1 is 1.04 bits per heavy atom. The maximum atomic E-state index is 12.9. The number of aliphatic hydroxyl groups is 1. The van der Waals surface area contributed by atoms with E-state index in [1.807, 2.05) is 29.2 Å². The highest BCUT2D eigenvalue weighted by atomic mass is 16.3. The first-order valence-corrected chi connectivity index (χ1v) is 11.3. The van der Waals surface area contributed by atoms with Crippen molar-refractivity contribution in [1.29, 1.82) is 0 Å². The van der Waals surface area contributed by atoms with E-state index in [1.54, 1.807) is 0 Å². The van der Waals surface area contributed by atoms with Gasteiger partial charge in [0.25, 0.3) is 0 Å². The van der Waals surface area contributed by atoms with Crippen LogP contribution < -0.4 is 0 Å². The highest BCUT2D eigenvalue weighted by molar-refractivity contribution is 5.77. The number of rotatable bonds is 4. The molecule has 1 atom stereocenters. The zero-order valence-corrected chi connectivity index (χ0v) is 17.4. The van der Waals surface area contributed by atoms with Gasteiger partial charge in [-0.05, 0) is 63.6 Å². The number of likely N-dealkylation sites (tertiary alicyclic amines) is 2. The van der Waals surface area contributed by atoms with Crippen LogP contribution in [0.5, 0.6) is 0 Å². The van der Waals surface area contributed by atoms with Crippen LogP contribution in [0.1, 0.15) is 68.9 Å². The summed E-state index contributed by atoms with van der Waals surface area (Å²) in [5.41, 5.74) is 1.25. The Labute approximate surface area is 169 Å². The second-order valence-electron chi connectivity index (χ2n) is 9.44. The fourth-order valence-corrected chi connectivity index (χ4v) is 5.45. The van der Waals surface area contributed by atoms with Crippen molar-refractivity contribution < 1.29 is 9.90 Å². The van der Waals surface area contributed by atoms with Gasteiger partial charge in [0.05, 0.1) is 6.54 Å². The number of aryl methyl sites for hydroxylation is 1. The number of nitrogens with zero attached hydrogens (tertiary/aromatic N) is 2. The van der Waals surface area contributed by atoms with Gasteiger partial charge in [-0.2, -0.15) is 0 Å². The van der Waals surface area contributed by atoms with Crippen LogP contribution in [0.25, 0.3) is 0 Å². The van der Waals surface area contributed by atoms with Crippen molar-refractivity contribution >= 4 is 5.91 Å². The number of hydrogen-bond donors (Lipinski definition) is 1. The van der Waals surface area contributed by atoms with Crippen molar-refractivity contribution in [1.82, 2.24) is 9.80 Å². The molecule has 0 bridgehead atoms. The third kappa shape index (κ3) is 4.44. The van der Waals surface area contributed by atoms with Crippen LogP contribution in [0.15, 0.2) is 24.3 Å². The Morgan fingerprint density at radius 2 is 1.71 bits per heavy atom. The number of carbonyl (C=O) groups excluding carboxylic acids is 1. The monoisotopic (exact) mass is 384 g/mol. The SMILES string of the molecule is Cc1ccc([C@]2(O)CCN(C(=O)CC3CCN(C4CCCCC4)CC3)C2)cc1. The first-order chi connectivity index (χ1) is 13.5. The molecule has 1 N–H and O–H groups in total. The normalized spacial score (nSPS) is 28.0. The maximum Gasteiger partial charge on any atom is 0.222 e. The van der Waals surface area contributed by atoms with E-state index < -0.39 is 5.60 Å². The topological polar surface area (TPSA) is 43.8 Å². The van der Waals surface area contributed by atoms with Crippen molar-refractivity contribution in [3.63, 3.8) is 0 Å². The van der Waals surface area contributed by atoms with Crippen LogP contribution in [0.4, 0.5) is 0 Å². The summed E-state index contributed by atoms with van der Waals surface area (Å²) < 4.78 is 0. The van der Waals surface area contributed by atoms with Crippen molar-refractivity contribution in [2.75, 3.05) is 26.2 Å². The molecule has 2 aliphatic heterocycles. The Bertz CT molecular complexity index is 660. The largest absolute Gasteiger partial charge is 0.383 e. The van der Waals surface area contributed by atoms with Crippen LogP contribution in [-0.4, -0.2) is 53.0 Å². The quantitative estimate of drug-likeness (QED) is 0.857. The summed E-state index contributed by atoms with van der Waals surface area (Å²) in [6.45, 7) is 5.49. The van der Waals surface area contributed by atoms with Gasteiger partial charge in [0.1, 0.15) is 5.60 Å². The standard InChI is InChI=1S/C24H36N2O2/c1-19-7-9-21(10-8-19)24(28)13-16-26(18-24)23(27)17-20-11-14-25(15-12-20)22-5-3-2-4-6-22/h7-10,20,22,28H,2-6,11-18H2,1H3/t24-/m0/s1. The molecule has 4 rings (SSSR count). The second-order valence-corrected chi connectivity index (χ2v) is 9.44. The van der Waals surface area contributed by atoms with Gasteiger partial charge in [-0.25, -0.2) is 0 Å². The molecular formula is C24H36N2O2. The lowest BCUT2D eigenvalue weighted by Gasteiger charge is -2.39. The summed E-state index contributed by atoms with van der Waals surface area (Å²) in [6, 6.07) is 8.89. The fraction of sp³-hybridized carbons (Fsp3) is 0.708. The third-order valence-corrected chi connectivity index (χ3v) is 7.39. The molecule has 2 heterocycles. The molecule has 3 fully saturated rings. The number of amides is 1. The van der Waals surface area contributed by atoms with E-state index in [1.165, 1.54) is 37.7 Å². The molecule has 1 aromatic rings. The number of carbonyl (C=O) groups is 1. The Kier molecular flexibility index (Phi) is 6.07. The third-order valence-electron chi connectivity index (χ3n) is 7.39. The van der Waals surface area contributed by atoms with Crippen LogP contribution in [-0.2, 0) is 10.4 Å². The predicted molar refractivity (Wildman–Crippen MR) is 112 cm³/mol. The summed E-state index contributed by atoms with van der Waals surface area (Å²) in [7, 11) is 0. The molecule has 154 valence electrons. The van der Waals surface area contributed by atoms with Gasteiger partial charge in [-0.1, -0.05) is 49.1 Å². The highest BCUT2D eigenvalue weighted by Crippen LogP contribution is 2.34. The van der Waals surface area contributed by atoms with Gasteiger partial charge in [0.2, 0.25) is 5.91 Å². The average molecular weight is 385 g/mol. The highest BCUT2D eigenvalue weighted by Gasteiger charge is 2.40. The fourth-order valence-electron chi connectivity index (χ4n) is 5.45. The first kappa shape index (κ1) is 19.9. The Morgan fingerprint density at radius 3 is 2.39 bits per heavy atom. The summed E-state index contributed by atoms with van der Waals surface area (Å²) in [4.78, 5) is 17.5. The number of β-amino-alcohol motifs (C(OH)–C–C–N with tert-alkyl or cyclic N) is 1. The summed E-state index contributed by atoms with van der Waals surface area (Å²) >= 11 is 0. The maximum absolute atomic E-state index is 12.9. The Balaban J connectivity index is 1.26. The minimum absolute atomic E-state index is 0.235. The number of piperidine rings is 1. The lowest BCUT2D eigenvalue weighted by Crippen LogP contribution is -2.43. The molecule has 1 aliphatic carbocycles. The molecule has 4 nitrogen and oxygen atoms in total. The van der Waals surface area contributed by atoms with Crippen molar-refractivity contribution in [3.05, 3.63) is 35.4 Å². The number of hydrogen-bond acceptors (Lipinski definition) is 3. The molecule has 3 aliphatic rings. The summed E-state index contributed by atoms with van der Waals surface area (Å²) in [5, 5.41) is 11.1. The van der Waals surface area contributed by atoms with Gasteiger partial charge >= 0.3 is 0 Å². The van der Waals surface area contributed by atoms with Crippen molar-refractivity contribution in [3.8, 4) is 0 Å². The average Bonchev–Trinajstić information content (AvgIpc) is 3.13. The zero-order valence-electron chi connectivity index (χ0n) is 17.4. The van der Waals surface area contributed by atoms with Crippen LogP contribution in [0.2, 0.25) is 0 Å². The van der Waals surface area contributed by atoms with E-state index in [0.717, 1.165) is 37.5 Å². The van der Waals surface area contributed by atoms with Gasteiger partial charge in [0.15, 0.2) is 0 Å². The minimum atomic E-state index is -0.881. The van der Waals surface area contributed by atoms with E-state index in [-0.39, 0.29) is 5.91 Å². The minimum Gasteiger partial charge on any atom is -0.383 e. The summed E-state index contributed by atoms with van der Waals surface area (Å²) in [6.07, 6.45) is 10.5. The molecule has 1 saturated carbocycles. The van der Waals surface area contributed by atoms with Crippen molar-refractivity contribution in [2.45, 2.75) is 76.4 Å². The molecule has 0 unspecified atom stereocenters. The van der Waals surface area contributed by atoms with Crippen molar-refractivity contribution in [2.24, 2.45) is 5.92 Å². The summed E-state index contributed by atoms with van der Waals surface area (Å²) in [5.74, 6) is 0.750. The molecule has 0 spiro atoms. The molecule has 0 radical (unpaired) electrons. The molecule has 4 heteroatoms. The molecular weight excluding hydrogens is 348 g/mol. The van der Waals surface area contributed by atoms with E-state index in [0.29, 0.717) is 31.8 Å². The van der Waals surface area contributed by atoms with Crippen LogP contribution in [0.3, 0.4) is 0 Å². The lowest BCUT2D eigenvalue weighted by molar-refractivity contribution is -0.132. The second kappa shape index (κ2) is 8.54. The van der Waals surface area contributed by atoms with Gasteiger partial charge < -0.3 is 14.9 Å². The molecule has 28 heavy (non-hydrogen) atoms. The van der Waals surface area contributed by atoms with E-state index >= 15 is 0 Å².